The summed E-state index contributed by atoms with van der Waals surface area (Å²) in [5.74, 6) is -2.10. The fourth-order valence-electron chi connectivity index (χ4n) is 4.02. The highest BCUT2D eigenvalue weighted by molar-refractivity contribution is 6.00. The summed E-state index contributed by atoms with van der Waals surface area (Å²) in [6.45, 7) is 0. The molecule has 0 radical (unpaired) electrons. The zero-order valence-electron chi connectivity index (χ0n) is 20.7. The molecule has 0 aliphatic heterocycles. The first-order valence-corrected chi connectivity index (χ1v) is 11.9. The van der Waals surface area contributed by atoms with Gasteiger partial charge in [-0.15, -0.1) is 13.2 Å². The predicted octanol–water partition coefficient (Wildman–Crippen LogP) is 6.14. The number of nitrogens with one attached hydrogen (secondary N) is 1. The number of halogens is 3. The number of carbonyl (C=O) groups is 2. The van der Waals surface area contributed by atoms with Crippen LogP contribution in [0.3, 0.4) is 0 Å². The van der Waals surface area contributed by atoms with Gasteiger partial charge in [0.1, 0.15) is 17.5 Å². The van der Waals surface area contributed by atoms with E-state index in [4.69, 9.17) is 4.74 Å². The maximum absolute atomic E-state index is 13.1. The van der Waals surface area contributed by atoms with Crippen LogP contribution in [0, 0.1) is 0 Å². The number of benzene rings is 4. The normalized spacial score (nSPS) is 11.9. The Morgan fingerprint density at radius 3 is 2.00 bits per heavy atom. The van der Waals surface area contributed by atoms with Gasteiger partial charge >= 0.3 is 12.3 Å². The average molecular weight is 536 g/mol. The van der Waals surface area contributed by atoms with E-state index in [-0.39, 0.29) is 23.5 Å². The highest BCUT2D eigenvalue weighted by atomic mass is 19.4. The quantitative estimate of drug-likeness (QED) is 0.265. The zero-order valence-corrected chi connectivity index (χ0v) is 20.7. The Balaban J connectivity index is 1.51. The van der Waals surface area contributed by atoms with Crippen molar-refractivity contribution in [3.63, 3.8) is 0 Å². The van der Waals surface area contributed by atoms with Crippen molar-refractivity contribution in [1.82, 2.24) is 5.32 Å². The van der Waals surface area contributed by atoms with Crippen molar-refractivity contribution in [2.75, 3.05) is 7.11 Å². The van der Waals surface area contributed by atoms with Crippen molar-refractivity contribution < 1.29 is 37.3 Å². The van der Waals surface area contributed by atoms with Crippen molar-refractivity contribution in [1.29, 1.82) is 0 Å². The first-order chi connectivity index (χ1) is 18.6. The van der Waals surface area contributed by atoms with Gasteiger partial charge in [0.15, 0.2) is 0 Å². The molecule has 200 valence electrons. The van der Waals surface area contributed by atoms with Crippen LogP contribution >= 0.6 is 0 Å². The van der Waals surface area contributed by atoms with Crippen molar-refractivity contribution in [3.8, 4) is 33.8 Å². The highest BCUT2D eigenvalue weighted by Gasteiger charge is 2.31. The molecule has 0 saturated heterocycles. The molecule has 2 N–H and O–H groups in total. The van der Waals surface area contributed by atoms with Gasteiger partial charge in [0, 0.05) is 6.42 Å². The van der Waals surface area contributed by atoms with Gasteiger partial charge in [-0.25, -0.2) is 4.79 Å². The second-order valence-electron chi connectivity index (χ2n) is 8.62. The molecule has 0 aliphatic carbocycles. The fourth-order valence-corrected chi connectivity index (χ4v) is 4.02. The smallest absolute Gasteiger partial charge is 0.507 e. The second kappa shape index (κ2) is 11.7. The number of carbonyl (C=O) groups excluding carboxylic acids is 2. The molecule has 1 amide bonds. The monoisotopic (exact) mass is 535 g/mol. The molecular formula is C30H24F3NO5. The fraction of sp³-hybridized carbons (Fsp3) is 0.133. The lowest BCUT2D eigenvalue weighted by molar-refractivity contribution is -0.274. The van der Waals surface area contributed by atoms with Crippen LogP contribution in [0.5, 0.6) is 11.5 Å². The molecule has 39 heavy (non-hydrogen) atoms. The van der Waals surface area contributed by atoms with E-state index in [1.54, 1.807) is 0 Å². The van der Waals surface area contributed by atoms with E-state index in [2.05, 4.69) is 10.1 Å². The van der Waals surface area contributed by atoms with E-state index < -0.39 is 24.3 Å². The molecule has 0 aliphatic rings. The first kappa shape index (κ1) is 27.3. The van der Waals surface area contributed by atoms with Gasteiger partial charge in [0.25, 0.3) is 5.91 Å². The summed E-state index contributed by atoms with van der Waals surface area (Å²) >= 11 is 0. The molecule has 4 rings (SSSR count). The Morgan fingerprint density at radius 2 is 1.38 bits per heavy atom. The largest absolute Gasteiger partial charge is 0.573 e. The van der Waals surface area contributed by atoms with Gasteiger partial charge in [-0.3, -0.25) is 4.79 Å². The number of methoxy groups -OCH3 is 1. The number of phenolic OH excluding ortho intramolecular Hbond substituents is 1. The topological polar surface area (TPSA) is 84.9 Å². The number of aromatic hydroxyl groups is 1. The number of amides is 1. The molecule has 0 aromatic heterocycles. The van der Waals surface area contributed by atoms with Crippen molar-refractivity contribution in [2.24, 2.45) is 0 Å². The van der Waals surface area contributed by atoms with E-state index in [1.807, 2.05) is 54.6 Å². The third-order valence-corrected chi connectivity index (χ3v) is 5.95. The maximum Gasteiger partial charge on any atom is 0.573 e. The molecule has 0 unspecified atom stereocenters. The minimum atomic E-state index is -4.81. The zero-order chi connectivity index (χ0) is 28.0. The van der Waals surface area contributed by atoms with Crippen molar-refractivity contribution in [2.45, 2.75) is 18.8 Å². The Morgan fingerprint density at radius 1 is 0.821 bits per heavy atom. The minimum Gasteiger partial charge on any atom is -0.507 e. The Labute approximate surface area is 222 Å². The molecule has 4 aromatic carbocycles. The van der Waals surface area contributed by atoms with Crippen LogP contribution in [-0.4, -0.2) is 36.5 Å². The molecule has 1 atom stereocenters. The third kappa shape index (κ3) is 7.16. The summed E-state index contributed by atoms with van der Waals surface area (Å²) in [5.41, 5.74) is 3.66. The number of rotatable bonds is 8. The van der Waals surface area contributed by atoms with Crippen LogP contribution in [0.1, 0.15) is 15.9 Å². The van der Waals surface area contributed by atoms with Crippen molar-refractivity contribution >= 4 is 11.9 Å². The lowest BCUT2D eigenvalue weighted by Crippen LogP contribution is -2.43. The SMILES string of the molecule is COC(=O)[C@H](Cc1ccc(-c2ccccc2)cc1)NC(=O)c1cc(-c2ccc(OC(F)(F)F)cc2)ccc1O. The molecule has 6 nitrogen and oxygen atoms in total. The van der Waals surface area contributed by atoms with Crippen LogP contribution in [0.2, 0.25) is 0 Å². The second-order valence-corrected chi connectivity index (χ2v) is 8.62. The molecule has 4 aromatic rings. The standard InChI is InChI=1S/C30H24F3NO5/c1-38-29(37)26(17-19-7-9-21(10-8-19)20-5-3-2-4-6-20)34-28(36)25-18-23(13-16-27(25)35)22-11-14-24(15-12-22)39-30(31,32)33/h2-16,18,26,35H,17H2,1H3,(H,34,36)/t26-/m0/s1. The lowest BCUT2D eigenvalue weighted by atomic mass is 9.99. The summed E-state index contributed by atoms with van der Waals surface area (Å²) in [6, 6.07) is 25.5. The van der Waals surface area contributed by atoms with Crippen molar-refractivity contribution in [3.05, 3.63) is 108 Å². The van der Waals surface area contributed by atoms with Crippen LogP contribution in [0.4, 0.5) is 13.2 Å². The van der Waals surface area contributed by atoms with Crippen LogP contribution in [0.15, 0.2) is 97.1 Å². The van der Waals surface area contributed by atoms with E-state index in [0.29, 0.717) is 11.1 Å². The number of hydrogen-bond acceptors (Lipinski definition) is 5. The Hall–Kier alpha value is -4.79. The molecule has 0 saturated carbocycles. The summed E-state index contributed by atoms with van der Waals surface area (Å²) < 4.78 is 46.1. The number of alkyl halides is 3. The summed E-state index contributed by atoms with van der Waals surface area (Å²) in [7, 11) is 1.21. The molecule has 0 heterocycles. The van der Waals surface area contributed by atoms with Gasteiger partial charge in [-0.2, -0.15) is 0 Å². The van der Waals surface area contributed by atoms with E-state index in [0.717, 1.165) is 28.8 Å². The lowest BCUT2D eigenvalue weighted by Gasteiger charge is -2.18. The molecule has 9 heteroatoms. The third-order valence-electron chi connectivity index (χ3n) is 5.95. The van der Waals surface area contributed by atoms with Gasteiger partial charge < -0.3 is 19.9 Å². The van der Waals surface area contributed by atoms with Gasteiger partial charge in [-0.05, 0) is 52.1 Å². The van der Waals surface area contributed by atoms with E-state index in [9.17, 15) is 27.9 Å². The molecular weight excluding hydrogens is 511 g/mol. The Bertz CT molecular complexity index is 1440. The highest BCUT2D eigenvalue weighted by Crippen LogP contribution is 2.29. The number of ether oxygens (including phenoxy) is 2. The molecule has 0 bridgehead atoms. The Kier molecular flexibility index (Phi) is 8.19. The average Bonchev–Trinajstić information content (AvgIpc) is 2.93. The van der Waals surface area contributed by atoms with E-state index in [1.165, 1.54) is 37.4 Å². The molecule has 0 spiro atoms. The number of esters is 1. The predicted molar refractivity (Wildman–Crippen MR) is 139 cm³/mol. The summed E-state index contributed by atoms with van der Waals surface area (Å²) in [6.07, 6.45) is -4.67. The van der Waals surface area contributed by atoms with E-state index >= 15 is 0 Å². The van der Waals surface area contributed by atoms with Crippen LogP contribution < -0.4 is 10.1 Å². The first-order valence-electron chi connectivity index (χ1n) is 11.9. The van der Waals surface area contributed by atoms with Gasteiger partial charge in [0.05, 0.1) is 12.7 Å². The van der Waals surface area contributed by atoms with Crippen LogP contribution in [-0.2, 0) is 16.0 Å². The molecule has 0 fully saturated rings. The summed E-state index contributed by atoms with van der Waals surface area (Å²) in [5, 5.41) is 13.0. The summed E-state index contributed by atoms with van der Waals surface area (Å²) in [4.78, 5) is 25.6. The number of hydrogen-bond donors (Lipinski definition) is 2. The van der Waals surface area contributed by atoms with Crippen LogP contribution in [0.25, 0.3) is 22.3 Å². The maximum atomic E-state index is 13.1. The number of phenols is 1. The minimum absolute atomic E-state index is 0.114. The van der Waals surface area contributed by atoms with Gasteiger partial charge in [0.2, 0.25) is 0 Å². The van der Waals surface area contributed by atoms with Gasteiger partial charge in [-0.1, -0.05) is 72.8 Å².